The lowest BCUT2D eigenvalue weighted by molar-refractivity contribution is -0.131. The molecule has 2 fully saturated rings. The minimum absolute atomic E-state index is 0.224. The van der Waals surface area contributed by atoms with Gasteiger partial charge in [-0.05, 0) is 29.3 Å². The number of morpholine rings is 1. The van der Waals surface area contributed by atoms with Gasteiger partial charge in [0.05, 0.1) is 19.3 Å². The summed E-state index contributed by atoms with van der Waals surface area (Å²) in [5, 5.41) is 14.8. The average Bonchev–Trinajstić information content (AvgIpc) is 3.28. The third kappa shape index (κ3) is 5.27. The van der Waals surface area contributed by atoms with Crippen LogP contribution in [0.25, 0.3) is 10.8 Å². The van der Waals surface area contributed by atoms with Gasteiger partial charge in [-0.1, -0.05) is 49.4 Å². The Bertz CT molecular complexity index is 1040. The van der Waals surface area contributed by atoms with E-state index in [1.807, 2.05) is 49.4 Å². The van der Waals surface area contributed by atoms with Crippen molar-refractivity contribution in [1.29, 1.82) is 5.26 Å². The first-order chi connectivity index (χ1) is 16.0. The number of nitrogens with one attached hydrogen (secondary N) is 1. The van der Waals surface area contributed by atoms with Gasteiger partial charge >= 0.3 is 6.09 Å². The van der Waals surface area contributed by atoms with Crippen LogP contribution in [-0.4, -0.2) is 79.4 Å². The average molecular weight is 451 g/mol. The van der Waals surface area contributed by atoms with Gasteiger partial charge in [-0.2, -0.15) is 5.26 Å². The molecule has 0 aromatic heterocycles. The number of ether oxygens (including phenoxy) is 2. The summed E-state index contributed by atoms with van der Waals surface area (Å²) < 4.78 is 11.1. The zero-order chi connectivity index (χ0) is 23.3. The Morgan fingerprint density at radius 3 is 2.67 bits per heavy atom. The van der Waals surface area contributed by atoms with Crippen LogP contribution in [0.2, 0.25) is 0 Å². The standard InChI is InChI=1S/C25H30N4O4/c1-2-28-11-10-25(17-26,18-28)27-23(30)22(33-24(31)29-12-14-32-15-13-29)16-20-8-5-7-19-6-3-4-9-21(19)20/h3-9,22H,2,10-16,18H2,1H3,(H,27,30). The van der Waals surface area contributed by atoms with Crippen LogP contribution in [-0.2, 0) is 20.7 Å². The number of fused-ring (bicyclic) bond motifs is 1. The van der Waals surface area contributed by atoms with Gasteiger partial charge in [0.25, 0.3) is 5.91 Å². The Hall–Kier alpha value is -3.15. The highest BCUT2D eigenvalue weighted by atomic mass is 16.6. The molecule has 0 bridgehead atoms. The number of nitriles is 1. The molecule has 2 saturated heterocycles. The molecule has 0 spiro atoms. The third-order valence-electron chi connectivity index (χ3n) is 6.46. The highest BCUT2D eigenvalue weighted by molar-refractivity contribution is 5.88. The number of benzene rings is 2. The summed E-state index contributed by atoms with van der Waals surface area (Å²) in [5.41, 5.74) is -0.0641. The molecule has 2 aromatic rings. The molecule has 8 heteroatoms. The first-order valence-electron chi connectivity index (χ1n) is 11.5. The second-order valence-electron chi connectivity index (χ2n) is 8.62. The van der Waals surface area contributed by atoms with Crippen LogP contribution in [0.1, 0.15) is 18.9 Å². The van der Waals surface area contributed by atoms with E-state index in [4.69, 9.17) is 9.47 Å². The molecular formula is C25H30N4O4. The van der Waals surface area contributed by atoms with Gasteiger partial charge in [0.1, 0.15) is 5.54 Å². The Morgan fingerprint density at radius 1 is 1.18 bits per heavy atom. The predicted octanol–water partition coefficient (Wildman–Crippen LogP) is 2.32. The van der Waals surface area contributed by atoms with E-state index in [9.17, 15) is 14.9 Å². The highest BCUT2D eigenvalue weighted by Gasteiger charge is 2.41. The van der Waals surface area contributed by atoms with Crippen molar-refractivity contribution in [2.75, 3.05) is 45.9 Å². The molecule has 33 heavy (non-hydrogen) atoms. The molecule has 2 aliphatic heterocycles. The van der Waals surface area contributed by atoms with Crippen LogP contribution in [0.4, 0.5) is 4.79 Å². The second-order valence-corrected chi connectivity index (χ2v) is 8.62. The minimum Gasteiger partial charge on any atom is -0.436 e. The van der Waals surface area contributed by atoms with Crippen molar-refractivity contribution in [3.05, 3.63) is 48.0 Å². The molecule has 0 aliphatic carbocycles. The highest BCUT2D eigenvalue weighted by Crippen LogP contribution is 2.23. The van der Waals surface area contributed by atoms with E-state index in [2.05, 4.69) is 16.3 Å². The molecule has 1 N–H and O–H groups in total. The maximum absolute atomic E-state index is 13.4. The maximum atomic E-state index is 13.4. The van der Waals surface area contributed by atoms with Gasteiger partial charge in [-0.15, -0.1) is 0 Å². The number of nitrogens with zero attached hydrogens (tertiary/aromatic N) is 3. The summed E-state index contributed by atoms with van der Waals surface area (Å²) >= 11 is 0. The van der Waals surface area contributed by atoms with Crippen molar-refractivity contribution in [1.82, 2.24) is 15.1 Å². The van der Waals surface area contributed by atoms with E-state index >= 15 is 0 Å². The van der Waals surface area contributed by atoms with E-state index in [1.165, 1.54) is 0 Å². The van der Waals surface area contributed by atoms with E-state index in [0.29, 0.717) is 39.3 Å². The van der Waals surface area contributed by atoms with Crippen molar-refractivity contribution in [3.63, 3.8) is 0 Å². The normalized spacial score (nSPS) is 22.0. The number of carbonyl (C=O) groups excluding carboxylic acids is 2. The van der Waals surface area contributed by atoms with Gasteiger partial charge in [0, 0.05) is 32.6 Å². The summed E-state index contributed by atoms with van der Waals surface area (Å²) in [5.74, 6) is -0.441. The lowest BCUT2D eigenvalue weighted by Crippen LogP contribution is -2.54. The number of carbonyl (C=O) groups is 2. The maximum Gasteiger partial charge on any atom is 0.410 e. The summed E-state index contributed by atoms with van der Waals surface area (Å²) in [6, 6.07) is 16.1. The Labute approximate surface area is 194 Å². The first-order valence-corrected chi connectivity index (χ1v) is 11.5. The molecule has 2 heterocycles. The van der Waals surface area contributed by atoms with E-state index in [-0.39, 0.29) is 6.42 Å². The van der Waals surface area contributed by atoms with Crippen LogP contribution < -0.4 is 5.32 Å². The summed E-state index contributed by atoms with van der Waals surface area (Å²) in [6.07, 6.45) is -0.817. The quantitative estimate of drug-likeness (QED) is 0.726. The van der Waals surface area contributed by atoms with Gasteiger partial charge in [0.2, 0.25) is 0 Å². The zero-order valence-electron chi connectivity index (χ0n) is 19.0. The topological polar surface area (TPSA) is 94.9 Å². The van der Waals surface area contributed by atoms with Crippen molar-refractivity contribution in [3.8, 4) is 6.07 Å². The monoisotopic (exact) mass is 450 g/mol. The molecule has 2 unspecified atom stereocenters. The van der Waals surface area contributed by atoms with Crippen LogP contribution in [0, 0.1) is 11.3 Å². The molecular weight excluding hydrogens is 420 g/mol. The Morgan fingerprint density at radius 2 is 1.94 bits per heavy atom. The van der Waals surface area contributed by atoms with Crippen molar-refractivity contribution in [2.24, 2.45) is 0 Å². The molecule has 4 rings (SSSR count). The predicted molar refractivity (Wildman–Crippen MR) is 124 cm³/mol. The lowest BCUT2D eigenvalue weighted by Gasteiger charge is -2.30. The zero-order valence-corrected chi connectivity index (χ0v) is 19.0. The third-order valence-corrected chi connectivity index (χ3v) is 6.46. The van der Waals surface area contributed by atoms with Crippen LogP contribution in [0.15, 0.2) is 42.5 Å². The van der Waals surface area contributed by atoms with Crippen molar-refractivity contribution in [2.45, 2.75) is 31.4 Å². The molecule has 0 saturated carbocycles. The number of hydrogen-bond donors (Lipinski definition) is 1. The Kier molecular flexibility index (Phi) is 7.11. The molecule has 0 radical (unpaired) electrons. The molecule has 2 aromatic carbocycles. The number of hydrogen-bond acceptors (Lipinski definition) is 6. The van der Waals surface area contributed by atoms with Crippen LogP contribution in [0.5, 0.6) is 0 Å². The fraction of sp³-hybridized carbons (Fsp3) is 0.480. The SMILES string of the molecule is CCN1CCC(C#N)(NC(=O)C(Cc2cccc3ccccc23)OC(=O)N2CCOCC2)C1. The van der Waals surface area contributed by atoms with E-state index in [0.717, 1.165) is 29.4 Å². The first kappa shape index (κ1) is 23.0. The Balaban J connectivity index is 1.57. The summed E-state index contributed by atoms with van der Waals surface area (Å²) in [4.78, 5) is 29.9. The van der Waals surface area contributed by atoms with Crippen LogP contribution >= 0.6 is 0 Å². The second kappa shape index (κ2) is 10.2. The fourth-order valence-electron chi connectivity index (χ4n) is 4.50. The van der Waals surface area contributed by atoms with Gasteiger partial charge in [0.15, 0.2) is 6.10 Å². The molecule has 2 atom stereocenters. The van der Waals surface area contributed by atoms with Crippen LogP contribution in [0.3, 0.4) is 0 Å². The lowest BCUT2D eigenvalue weighted by atomic mass is 9.97. The molecule has 2 aliphatic rings. The van der Waals surface area contributed by atoms with Gasteiger partial charge in [-0.25, -0.2) is 4.79 Å². The summed E-state index contributed by atoms with van der Waals surface area (Å²) in [6.45, 7) is 5.78. The van der Waals surface area contributed by atoms with E-state index < -0.39 is 23.6 Å². The number of amides is 2. The smallest absolute Gasteiger partial charge is 0.410 e. The largest absolute Gasteiger partial charge is 0.436 e. The number of likely N-dealkylation sites (N-methyl/N-ethyl adjacent to an activating group) is 1. The molecule has 8 nitrogen and oxygen atoms in total. The molecule has 2 amide bonds. The van der Waals surface area contributed by atoms with Crippen molar-refractivity contribution < 1.29 is 19.1 Å². The van der Waals surface area contributed by atoms with E-state index in [1.54, 1.807) is 4.90 Å². The van der Waals surface area contributed by atoms with Crippen molar-refractivity contribution >= 4 is 22.8 Å². The molecule has 174 valence electrons. The van der Waals surface area contributed by atoms with Gasteiger partial charge in [-0.3, -0.25) is 4.79 Å². The minimum atomic E-state index is -1.05. The van der Waals surface area contributed by atoms with Gasteiger partial charge < -0.3 is 24.6 Å². The summed E-state index contributed by atoms with van der Waals surface area (Å²) in [7, 11) is 0. The number of rotatable bonds is 6. The fourth-order valence-corrected chi connectivity index (χ4v) is 4.50. The number of likely N-dealkylation sites (tertiary alicyclic amines) is 1.